The lowest BCUT2D eigenvalue weighted by molar-refractivity contribution is -0.0199. The van der Waals surface area contributed by atoms with Crippen molar-refractivity contribution in [2.45, 2.75) is 37.9 Å². The molecule has 4 atom stereocenters. The van der Waals surface area contributed by atoms with E-state index in [4.69, 9.17) is 9.47 Å². The Hall–Kier alpha value is -1.72. The second kappa shape index (κ2) is 8.31. The van der Waals surface area contributed by atoms with Gasteiger partial charge < -0.3 is 14.6 Å². The Kier molecular flexibility index (Phi) is 5.65. The normalized spacial score (nSPS) is 28.3. The summed E-state index contributed by atoms with van der Waals surface area (Å²) in [5, 5.41) is 10.0. The summed E-state index contributed by atoms with van der Waals surface area (Å²) in [7, 11) is 0. The minimum Gasteiger partial charge on any atom is -0.392 e. The quantitative estimate of drug-likeness (QED) is 0.831. The van der Waals surface area contributed by atoms with Crippen molar-refractivity contribution in [2.24, 2.45) is 5.92 Å². The Balaban J connectivity index is 1.36. The molecule has 0 spiro atoms. The van der Waals surface area contributed by atoms with Crippen molar-refractivity contribution in [3.05, 3.63) is 71.8 Å². The SMILES string of the molecule is O[C@@H]1C[C@@H]2[C@@H](COCc3ccccc3)[C@H](OCc3ccccc3)CN2C1. The fraction of sp³-hybridized carbons (Fsp3) is 0.455. The van der Waals surface area contributed by atoms with Crippen LogP contribution in [-0.2, 0) is 22.7 Å². The van der Waals surface area contributed by atoms with Crippen molar-refractivity contribution < 1.29 is 14.6 Å². The van der Waals surface area contributed by atoms with Gasteiger partial charge in [-0.15, -0.1) is 0 Å². The zero-order valence-electron chi connectivity index (χ0n) is 15.0. The molecule has 4 heteroatoms. The Labute approximate surface area is 155 Å². The summed E-state index contributed by atoms with van der Waals surface area (Å²) >= 11 is 0. The molecule has 2 aromatic carbocycles. The van der Waals surface area contributed by atoms with Crippen LogP contribution in [0.3, 0.4) is 0 Å². The van der Waals surface area contributed by atoms with Crippen molar-refractivity contribution in [3.8, 4) is 0 Å². The minimum absolute atomic E-state index is 0.156. The van der Waals surface area contributed by atoms with Gasteiger partial charge in [0.1, 0.15) is 0 Å². The van der Waals surface area contributed by atoms with Crippen LogP contribution >= 0.6 is 0 Å². The highest BCUT2D eigenvalue weighted by Crippen LogP contribution is 2.35. The van der Waals surface area contributed by atoms with Gasteiger partial charge in [-0.2, -0.15) is 0 Å². The van der Waals surface area contributed by atoms with Gasteiger partial charge >= 0.3 is 0 Å². The molecule has 2 fully saturated rings. The van der Waals surface area contributed by atoms with E-state index in [1.807, 2.05) is 36.4 Å². The molecule has 4 nitrogen and oxygen atoms in total. The second-order valence-electron chi connectivity index (χ2n) is 7.41. The first-order valence-electron chi connectivity index (χ1n) is 9.49. The van der Waals surface area contributed by atoms with E-state index in [1.165, 1.54) is 11.1 Å². The van der Waals surface area contributed by atoms with E-state index >= 15 is 0 Å². The number of aliphatic hydroxyl groups is 1. The van der Waals surface area contributed by atoms with Gasteiger partial charge in [-0.05, 0) is 17.5 Å². The van der Waals surface area contributed by atoms with Crippen LogP contribution in [0, 0.1) is 5.92 Å². The van der Waals surface area contributed by atoms with Gasteiger partial charge in [0.15, 0.2) is 0 Å². The van der Waals surface area contributed by atoms with Crippen molar-refractivity contribution in [1.82, 2.24) is 4.90 Å². The number of ether oxygens (including phenoxy) is 2. The van der Waals surface area contributed by atoms with Crippen LogP contribution in [0.15, 0.2) is 60.7 Å². The maximum Gasteiger partial charge on any atom is 0.0771 e. The smallest absolute Gasteiger partial charge is 0.0771 e. The van der Waals surface area contributed by atoms with Crippen LogP contribution in [-0.4, -0.2) is 48.0 Å². The number of fused-ring (bicyclic) bond motifs is 1. The predicted molar refractivity (Wildman–Crippen MR) is 101 cm³/mol. The molecule has 2 aliphatic heterocycles. The molecule has 2 heterocycles. The van der Waals surface area contributed by atoms with Crippen LogP contribution in [0.5, 0.6) is 0 Å². The molecule has 0 amide bonds. The summed E-state index contributed by atoms with van der Waals surface area (Å²) in [6.07, 6.45) is 0.764. The minimum atomic E-state index is -0.216. The zero-order chi connectivity index (χ0) is 17.8. The molecule has 2 aliphatic rings. The highest BCUT2D eigenvalue weighted by Gasteiger charge is 2.47. The summed E-state index contributed by atoms with van der Waals surface area (Å²) in [6.45, 7) is 3.56. The first-order chi connectivity index (χ1) is 12.8. The lowest BCUT2D eigenvalue weighted by Crippen LogP contribution is -2.31. The summed E-state index contributed by atoms with van der Waals surface area (Å²) < 4.78 is 12.3. The maximum absolute atomic E-state index is 10.0. The van der Waals surface area contributed by atoms with Crippen LogP contribution in [0.4, 0.5) is 0 Å². The molecule has 0 bridgehead atoms. The van der Waals surface area contributed by atoms with Gasteiger partial charge in [0.05, 0.1) is 32.0 Å². The Morgan fingerprint density at radius 2 is 1.54 bits per heavy atom. The Morgan fingerprint density at radius 1 is 0.885 bits per heavy atom. The van der Waals surface area contributed by atoms with E-state index in [0.717, 1.165) is 19.5 Å². The number of nitrogens with zero attached hydrogens (tertiary/aromatic N) is 1. The van der Waals surface area contributed by atoms with Gasteiger partial charge in [-0.3, -0.25) is 4.90 Å². The fourth-order valence-electron chi connectivity index (χ4n) is 4.24. The predicted octanol–water partition coefficient (Wildman–Crippen LogP) is 2.85. The highest BCUT2D eigenvalue weighted by atomic mass is 16.5. The Morgan fingerprint density at radius 3 is 2.23 bits per heavy atom. The summed E-state index contributed by atoms with van der Waals surface area (Å²) in [6, 6.07) is 20.9. The average molecular weight is 353 g/mol. The summed E-state index contributed by atoms with van der Waals surface area (Å²) in [5.41, 5.74) is 2.39. The van der Waals surface area contributed by atoms with Crippen molar-refractivity contribution >= 4 is 0 Å². The zero-order valence-corrected chi connectivity index (χ0v) is 15.0. The third-order valence-electron chi connectivity index (χ3n) is 5.54. The molecular formula is C22H27NO3. The highest BCUT2D eigenvalue weighted by molar-refractivity contribution is 5.14. The Bertz CT molecular complexity index is 678. The van der Waals surface area contributed by atoms with Gasteiger partial charge in [0, 0.05) is 25.0 Å². The van der Waals surface area contributed by atoms with Gasteiger partial charge in [-0.1, -0.05) is 60.7 Å². The topological polar surface area (TPSA) is 41.9 Å². The molecule has 0 saturated carbocycles. The van der Waals surface area contributed by atoms with E-state index in [0.29, 0.717) is 31.8 Å². The first-order valence-corrected chi connectivity index (χ1v) is 9.49. The summed E-state index contributed by atoms with van der Waals surface area (Å²) in [5.74, 6) is 0.305. The molecule has 4 rings (SSSR count). The van der Waals surface area contributed by atoms with Gasteiger partial charge in [0.2, 0.25) is 0 Å². The van der Waals surface area contributed by atoms with Crippen LogP contribution in [0.25, 0.3) is 0 Å². The maximum atomic E-state index is 10.0. The largest absolute Gasteiger partial charge is 0.392 e. The molecule has 0 aromatic heterocycles. The number of hydrogen-bond donors (Lipinski definition) is 1. The molecule has 138 valence electrons. The number of benzene rings is 2. The summed E-state index contributed by atoms with van der Waals surface area (Å²) in [4.78, 5) is 2.37. The first kappa shape index (κ1) is 17.7. The lowest BCUT2D eigenvalue weighted by Gasteiger charge is -2.24. The lowest BCUT2D eigenvalue weighted by atomic mass is 9.96. The number of rotatable bonds is 7. The van der Waals surface area contributed by atoms with Crippen molar-refractivity contribution in [1.29, 1.82) is 0 Å². The van der Waals surface area contributed by atoms with Crippen LogP contribution < -0.4 is 0 Å². The molecule has 2 aromatic rings. The molecule has 0 unspecified atom stereocenters. The molecular weight excluding hydrogens is 326 g/mol. The molecule has 26 heavy (non-hydrogen) atoms. The third-order valence-corrected chi connectivity index (χ3v) is 5.54. The number of aliphatic hydroxyl groups excluding tert-OH is 1. The standard InChI is InChI=1S/C22H27NO3/c24-19-11-21-20(16-25-14-17-7-3-1-4-8-17)22(13-23(21)12-19)26-15-18-9-5-2-6-10-18/h1-10,19-22,24H,11-16H2/t19-,20-,21-,22-/m1/s1. The van der Waals surface area contributed by atoms with Crippen molar-refractivity contribution in [2.75, 3.05) is 19.7 Å². The third kappa shape index (κ3) is 4.15. The van der Waals surface area contributed by atoms with E-state index in [9.17, 15) is 5.11 Å². The molecule has 0 aliphatic carbocycles. The van der Waals surface area contributed by atoms with Crippen LogP contribution in [0.2, 0.25) is 0 Å². The van der Waals surface area contributed by atoms with Crippen LogP contribution in [0.1, 0.15) is 17.5 Å². The van der Waals surface area contributed by atoms with E-state index in [1.54, 1.807) is 0 Å². The second-order valence-corrected chi connectivity index (χ2v) is 7.41. The fourth-order valence-corrected chi connectivity index (χ4v) is 4.24. The number of hydrogen-bond acceptors (Lipinski definition) is 4. The molecule has 0 radical (unpaired) electrons. The van der Waals surface area contributed by atoms with Gasteiger partial charge in [-0.25, -0.2) is 0 Å². The molecule has 2 saturated heterocycles. The van der Waals surface area contributed by atoms with Gasteiger partial charge in [0.25, 0.3) is 0 Å². The molecule has 1 N–H and O–H groups in total. The van der Waals surface area contributed by atoms with E-state index in [-0.39, 0.29) is 12.2 Å². The van der Waals surface area contributed by atoms with E-state index in [2.05, 4.69) is 29.2 Å². The monoisotopic (exact) mass is 353 g/mol. The average Bonchev–Trinajstić information content (AvgIpc) is 3.18. The van der Waals surface area contributed by atoms with Crippen molar-refractivity contribution in [3.63, 3.8) is 0 Å². The van der Waals surface area contributed by atoms with E-state index < -0.39 is 0 Å².